The number of benzene rings is 3. The lowest BCUT2D eigenvalue weighted by Crippen LogP contribution is -2.20. The minimum absolute atomic E-state index is 0.0738. The van der Waals surface area contributed by atoms with Crippen LogP contribution in [0, 0.1) is 0 Å². The number of thioether (sulfide) groups is 1. The summed E-state index contributed by atoms with van der Waals surface area (Å²) in [5.74, 6) is 0.634. The third-order valence-corrected chi connectivity index (χ3v) is 5.67. The van der Waals surface area contributed by atoms with Gasteiger partial charge in [-0.25, -0.2) is 4.98 Å². The highest BCUT2D eigenvalue weighted by molar-refractivity contribution is 7.99. The summed E-state index contributed by atoms with van der Waals surface area (Å²) in [6.07, 6.45) is 0. The molecule has 0 atom stereocenters. The maximum atomic E-state index is 12.8. The Hall–Kier alpha value is -3.12. The highest BCUT2D eigenvalue weighted by atomic mass is 32.2. The molecule has 0 aliphatic heterocycles. The maximum absolute atomic E-state index is 12.8. The van der Waals surface area contributed by atoms with Gasteiger partial charge in [-0.2, -0.15) is 0 Å². The number of fused-ring (bicyclic) bond motifs is 2. The summed E-state index contributed by atoms with van der Waals surface area (Å²) < 4.78 is 6.76. The Bertz CT molecular complexity index is 1260. The molecule has 5 nitrogen and oxygen atoms in total. The van der Waals surface area contributed by atoms with Crippen molar-refractivity contribution in [3.8, 4) is 5.75 Å². The van der Waals surface area contributed by atoms with Gasteiger partial charge in [0.15, 0.2) is 10.9 Å². The fraction of sp³-hybridized carbons (Fsp3) is 0.136. The molecule has 0 N–H and O–H groups in total. The minimum Gasteiger partial charge on any atom is -0.496 e. The molecule has 0 aliphatic carbocycles. The molecule has 3 aromatic carbocycles. The number of hydrogen-bond acceptors (Lipinski definition) is 5. The highest BCUT2D eigenvalue weighted by Gasteiger charge is 2.15. The van der Waals surface area contributed by atoms with Gasteiger partial charge < -0.3 is 4.74 Å². The lowest BCUT2D eigenvalue weighted by molar-refractivity contribution is 0.101. The molecule has 0 unspecified atom stereocenters. The Balaban J connectivity index is 1.69. The molecule has 0 saturated carbocycles. The molecule has 1 heterocycles. The summed E-state index contributed by atoms with van der Waals surface area (Å²) in [5.41, 5.74) is 1.03. The van der Waals surface area contributed by atoms with Crippen LogP contribution in [-0.2, 0) is 7.05 Å². The Morgan fingerprint density at radius 3 is 2.50 bits per heavy atom. The summed E-state index contributed by atoms with van der Waals surface area (Å²) in [6.45, 7) is 0. The van der Waals surface area contributed by atoms with E-state index in [9.17, 15) is 9.59 Å². The van der Waals surface area contributed by atoms with Crippen LogP contribution < -0.4 is 10.3 Å². The molecule has 4 aromatic rings. The van der Waals surface area contributed by atoms with Crippen LogP contribution in [0.25, 0.3) is 21.7 Å². The number of methoxy groups -OCH3 is 1. The van der Waals surface area contributed by atoms with Gasteiger partial charge in [-0.15, -0.1) is 0 Å². The summed E-state index contributed by atoms with van der Waals surface area (Å²) >= 11 is 1.25. The van der Waals surface area contributed by atoms with E-state index >= 15 is 0 Å². The molecule has 140 valence electrons. The number of para-hydroxylation sites is 1. The summed E-state index contributed by atoms with van der Waals surface area (Å²) in [6, 6.07) is 18.8. The van der Waals surface area contributed by atoms with E-state index in [0.717, 1.165) is 10.8 Å². The van der Waals surface area contributed by atoms with E-state index in [0.29, 0.717) is 27.4 Å². The first-order valence-corrected chi connectivity index (χ1v) is 9.75. The largest absolute Gasteiger partial charge is 0.496 e. The van der Waals surface area contributed by atoms with Crippen molar-refractivity contribution in [2.75, 3.05) is 12.9 Å². The lowest BCUT2D eigenvalue weighted by atomic mass is 10.1. The third-order valence-electron chi connectivity index (χ3n) is 4.64. The van der Waals surface area contributed by atoms with Gasteiger partial charge in [0.25, 0.3) is 5.56 Å². The van der Waals surface area contributed by atoms with E-state index in [2.05, 4.69) is 4.98 Å². The third kappa shape index (κ3) is 3.27. The SMILES string of the molecule is COc1ccccc1C(=O)CSc1nc2cc3ccccc3cc2c(=O)n1C. The van der Waals surface area contributed by atoms with E-state index in [1.54, 1.807) is 25.2 Å². The second-order valence-corrected chi connectivity index (χ2v) is 7.33. The number of rotatable bonds is 5. The molecule has 4 rings (SSSR count). The molecular weight excluding hydrogens is 372 g/mol. The number of nitrogens with zero attached hydrogens (tertiary/aromatic N) is 2. The van der Waals surface area contributed by atoms with Gasteiger partial charge in [0.1, 0.15) is 5.75 Å². The van der Waals surface area contributed by atoms with Gasteiger partial charge in [-0.05, 0) is 35.0 Å². The molecule has 0 aliphatic rings. The van der Waals surface area contributed by atoms with Crippen molar-refractivity contribution in [3.63, 3.8) is 0 Å². The maximum Gasteiger partial charge on any atom is 0.261 e. The first-order valence-electron chi connectivity index (χ1n) is 8.77. The summed E-state index contributed by atoms with van der Waals surface area (Å²) in [5, 5.41) is 3.11. The predicted molar refractivity (Wildman–Crippen MR) is 113 cm³/mol. The topological polar surface area (TPSA) is 61.2 Å². The van der Waals surface area contributed by atoms with Crippen LogP contribution in [0.1, 0.15) is 10.4 Å². The van der Waals surface area contributed by atoms with Gasteiger partial charge in [0.2, 0.25) is 0 Å². The van der Waals surface area contributed by atoms with E-state index in [4.69, 9.17) is 4.74 Å². The molecule has 0 fully saturated rings. The van der Waals surface area contributed by atoms with E-state index in [1.165, 1.54) is 23.4 Å². The van der Waals surface area contributed by atoms with Crippen LogP contribution in [0.3, 0.4) is 0 Å². The van der Waals surface area contributed by atoms with Crippen LogP contribution in [0.15, 0.2) is 70.6 Å². The van der Waals surface area contributed by atoms with Gasteiger partial charge >= 0.3 is 0 Å². The average molecular weight is 390 g/mol. The first kappa shape index (κ1) is 18.3. The molecular formula is C22H18N2O3S. The van der Waals surface area contributed by atoms with Gasteiger partial charge in [-0.1, -0.05) is 48.2 Å². The quantitative estimate of drug-likeness (QED) is 0.222. The second-order valence-electron chi connectivity index (χ2n) is 6.39. The van der Waals surface area contributed by atoms with E-state index in [1.807, 2.05) is 42.5 Å². The van der Waals surface area contributed by atoms with Gasteiger partial charge in [-0.3, -0.25) is 14.2 Å². The van der Waals surface area contributed by atoms with Crippen LogP contribution in [-0.4, -0.2) is 28.2 Å². The van der Waals surface area contributed by atoms with Gasteiger partial charge in [0.05, 0.1) is 29.3 Å². The smallest absolute Gasteiger partial charge is 0.261 e. The van der Waals surface area contributed by atoms with Gasteiger partial charge in [0, 0.05) is 7.05 Å². The van der Waals surface area contributed by atoms with Crippen molar-refractivity contribution < 1.29 is 9.53 Å². The Kier molecular flexibility index (Phi) is 4.88. The fourth-order valence-electron chi connectivity index (χ4n) is 3.15. The number of carbonyl (C=O) groups is 1. The Morgan fingerprint density at radius 2 is 1.75 bits per heavy atom. The fourth-order valence-corrected chi connectivity index (χ4v) is 4.00. The van der Waals surface area contributed by atoms with E-state index < -0.39 is 0 Å². The molecule has 0 saturated heterocycles. The average Bonchev–Trinajstić information content (AvgIpc) is 2.74. The lowest BCUT2D eigenvalue weighted by Gasteiger charge is -2.10. The van der Waals surface area contributed by atoms with Crippen molar-refractivity contribution in [1.82, 2.24) is 9.55 Å². The van der Waals surface area contributed by atoms with E-state index in [-0.39, 0.29) is 17.1 Å². The normalized spacial score (nSPS) is 11.1. The van der Waals surface area contributed by atoms with Crippen molar-refractivity contribution in [3.05, 3.63) is 76.6 Å². The Morgan fingerprint density at radius 1 is 1.07 bits per heavy atom. The molecule has 0 radical (unpaired) electrons. The van der Waals surface area contributed by atoms with Crippen LogP contribution in [0.5, 0.6) is 5.75 Å². The number of Topliss-reactive ketones (excluding diaryl/α,β-unsaturated/α-hetero) is 1. The number of ether oxygens (including phenoxy) is 1. The molecule has 0 bridgehead atoms. The number of hydrogen-bond donors (Lipinski definition) is 0. The minimum atomic E-state index is -0.122. The van der Waals surface area contributed by atoms with Crippen LogP contribution in [0.2, 0.25) is 0 Å². The molecule has 6 heteroatoms. The molecule has 0 spiro atoms. The zero-order valence-corrected chi connectivity index (χ0v) is 16.3. The molecule has 1 aromatic heterocycles. The Labute approximate surface area is 166 Å². The van der Waals surface area contributed by atoms with Crippen molar-refractivity contribution in [2.24, 2.45) is 7.05 Å². The van der Waals surface area contributed by atoms with Crippen LogP contribution in [0.4, 0.5) is 0 Å². The number of ketones is 1. The predicted octanol–water partition coefficient (Wildman–Crippen LogP) is 4.07. The standard InChI is InChI=1S/C22H18N2O3S/c1-24-21(26)17-11-14-7-3-4-8-15(14)12-18(17)23-22(24)28-13-19(25)16-9-5-6-10-20(16)27-2/h3-12H,13H2,1-2H3. The van der Waals surface area contributed by atoms with Crippen molar-refractivity contribution in [2.45, 2.75) is 5.16 Å². The van der Waals surface area contributed by atoms with Crippen molar-refractivity contribution in [1.29, 1.82) is 0 Å². The summed E-state index contributed by atoms with van der Waals surface area (Å²) in [4.78, 5) is 30.1. The summed E-state index contributed by atoms with van der Waals surface area (Å²) in [7, 11) is 3.22. The zero-order valence-electron chi connectivity index (χ0n) is 15.5. The van der Waals surface area contributed by atoms with Crippen molar-refractivity contribution >= 4 is 39.2 Å². The highest BCUT2D eigenvalue weighted by Crippen LogP contribution is 2.24. The molecule has 28 heavy (non-hydrogen) atoms. The second kappa shape index (κ2) is 7.48. The number of aromatic nitrogens is 2. The van der Waals surface area contributed by atoms with Crippen LogP contribution >= 0.6 is 11.8 Å². The first-order chi connectivity index (χ1) is 13.6. The monoisotopic (exact) mass is 390 g/mol. The number of carbonyl (C=O) groups excluding carboxylic acids is 1. The molecule has 0 amide bonds. The zero-order chi connectivity index (χ0) is 19.7.